The predicted molar refractivity (Wildman–Crippen MR) is 57.4 cm³/mol. The van der Waals surface area contributed by atoms with E-state index >= 15 is 0 Å². The summed E-state index contributed by atoms with van der Waals surface area (Å²) in [6.07, 6.45) is 0. The Kier molecular flexibility index (Phi) is 2.84. The Bertz CT molecular complexity index is 465. The van der Waals surface area contributed by atoms with E-state index in [4.69, 9.17) is 23.2 Å². The van der Waals surface area contributed by atoms with Gasteiger partial charge in [0.15, 0.2) is 5.15 Å². The Morgan fingerprint density at radius 3 is 2.40 bits per heavy atom. The van der Waals surface area contributed by atoms with E-state index in [0.717, 1.165) is 0 Å². The molecule has 1 aromatic carbocycles. The van der Waals surface area contributed by atoms with Crippen LogP contribution in [0.15, 0.2) is 30.3 Å². The molecule has 2 rings (SSSR count). The first-order valence-electron chi connectivity index (χ1n) is 4.11. The highest BCUT2D eigenvalue weighted by Gasteiger charge is 2.03. The molecule has 15 heavy (non-hydrogen) atoms. The second-order valence-corrected chi connectivity index (χ2v) is 3.72. The highest BCUT2D eigenvalue weighted by atomic mass is 35.5. The van der Waals surface area contributed by atoms with Crippen LogP contribution in [-0.2, 0) is 0 Å². The quantitative estimate of drug-likeness (QED) is 0.764. The van der Waals surface area contributed by atoms with Gasteiger partial charge in [0.05, 0.1) is 5.69 Å². The smallest absolute Gasteiger partial charge is 0.151 e. The number of hydrogen-bond acceptors (Lipinski definition) is 2. The highest BCUT2D eigenvalue weighted by molar-refractivity contribution is 6.31. The summed E-state index contributed by atoms with van der Waals surface area (Å²) in [5.41, 5.74) is 1.10. The minimum absolute atomic E-state index is 0.293. The van der Waals surface area contributed by atoms with Crippen LogP contribution in [0.3, 0.4) is 0 Å². The number of benzene rings is 1. The molecule has 2 nitrogen and oxygen atoms in total. The summed E-state index contributed by atoms with van der Waals surface area (Å²) >= 11 is 11.3. The van der Waals surface area contributed by atoms with E-state index in [1.54, 1.807) is 18.2 Å². The molecule has 0 atom stereocenters. The average molecular weight is 243 g/mol. The maximum Gasteiger partial charge on any atom is 0.151 e. The van der Waals surface area contributed by atoms with Crippen LogP contribution < -0.4 is 0 Å². The fourth-order valence-electron chi connectivity index (χ4n) is 1.17. The van der Waals surface area contributed by atoms with Gasteiger partial charge in [-0.1, -0.05) is 23.2 Å². The molecule has 5 heteroatoms. The molecule has 0 aliphatic heterocycles. The maximum atomic E-state index is 13.0. The molecule has 0 aliphatic carbocycles. The van der Waals surface area contributed by atoms with Gasteiger partial charge in [-0.25, -0.2) is 4.39 Å². The van der Waals surface area contributed by atoms with Crippen LogP contribution in [0.1, 0.15) is 0 Å². The largest absolute Gasteiger partial charge is 0.207 e. The van der Waals surface area contributed by atoms with Gasteiger partial charge < -0.3 is 0 Å². The third-order valence-electron chi connectivity index (χ3n) is 1.79. The van der Waals surface area contributed by atoms with Crippen molar-refractivity contribution in [2.45, 2.75) is 0 Å². The van der Waals surface area contributed by atoms with Crippen molar-refractivity contribution in [1.29, 1.82) is 0 Å². The lowest BCUT2D eigenvalue weighted by atomic mass is 10.1. The third-order valence-corrected chi connectivity index (χ3v) is 2.21. The molecule has 0 radical (unpaired) electrons. The van der Waals surface area contributed by atoms with Gasteiger partial charge in [0.2, 0.25) is 0 Å². The predicted octanol–water partition coefficient (Wildman–Crippen LogP) is 3.59. The lowest BCUT2D eigenvalue weighted by Gasteiger charge is -2.00. The van der Waals surface area contributed by atoms with Crippen molar-refractivity contribution in [3.63, 3.8) is 0 Å². The van der Waals surface area contributed by atoms with Crippen molar-refractivity contribution in [3.05, 3.63) is 46.3 Å². The molecule has 0 amide bonds. The fourth-order valence-corrected chi connectivity index (χ4v) is 1.49. The molecule has 76 valence electrons. The number of aromatic nitrogens is 2. The van der Waals surface area contributed by atoms with Gasteiger partial charge in [0.1, 0.15) is 5.82 Å². The number of rotatable bonds is 1. The monoisotopic (exact) mass is 242 g/mol. The number of nitrogens with zero attached hydrogens (tertiary/aromatic N) is 2. The molecular weight excluding hydrogens is 238 g/mol. The van der Waals surface area contributed by atoms with Crippen LogP contribution in [0.25, 0.3) is 11.3 Å². The van der Waals surface area contributed by atoms with Crippen LogP contribution in [0.5, 0.6) is 0 Å². The minimum Gasteiger partial charge on any atom is -0.207 e. The summed E-state index contributed by atoms with van der Waals surface area (Å²) < 4.78 is 13.0. The van der Waals surface area contributed by atoms with Gasteiger partial charge in [-0.15, -0.1) is 10.2 Å². The van der Waals surface area contributed by atoms with E-state index in [1.807, 2.05) is 0 Å². The summed E-state index contributed by atoms with van der Waals surface area (Å²) in [7, 11) is 0. The van der Waals surface area contributed by atoms with Gasteiger partial charge in [-0.3, -0.25) is 0 Å². The number of halogens is 3. The Morgan fingerprint density at radius 1 is 1.00 bits per heavy atom. The molecule has 1 aromatic heterocycles. The molecular formula is C10H5Cl2FN2. The minimum atomic E-state index is -0.408. The normalized spacial score (nSPS) is 10.3. The standard InChI is InChI=1S/C10H5Cl2FN2/c11-7-3-6(4-8(13)5-7)9-1-2-10(12)15-14-9/h1-5H. The maximum absolute atomic E-state index is 13.0. The lowest BCUT2D eigenvalue weighted by Crippen LogP contribution is -1.88. The Balaban J connectivity index is 2.49. The first kappa shape index (κ1) is 10.3. The first-order chi connectivity index (χ1) is 7.15. The second-order valence-electron chi connectivity index (χ2n) is 2.90. The molecule has 0 aliphatic rings. The summed E-state index contributed by atoms with van der Waals surface area (Å²) in [5, 5.41) is 8.10. The zero-order valence-electron chi connectivity index (χ0n) is 7.42. The molecule has 2 aromatic rings. The SMILES string of the molecule is Fc1cc(Cl)cc(-c2ccc(Cl)nn2)c1. The van der Waals surface area contributed by atoms with Crippen molar-refractivity contribution in [2.24, 2.45) is 0 Å². The van der Waals surface area contributed by atoms with Crippen LogP contribution in [0.2, 0.25) is 10.2 Å². The summed E-state index contributed by atoms with van der Waals surface area (Å²) in [5.74, 6) is -0.408. The highest BCUT2D eigenvalue weighted by Crippen LogP contribution is 2.22. The van der Waals surface area contributed by atoms with Gasteiger partial charge >= 0.3 is 0 Å². The Morgan fingerprint density at radius 2 is 1.80 bits per heavy atom. The summed E-state index contributed by atoms with van der Waals surface area (Å²) in [4.78, 5) is 0. The van der Waals surface area contributed by atoms with Crippen molar-refractivity contribution >= 4 is 23.2 Å². The van der Waals surface area contributed by atoms with Crippen LogP contribution >= 0.6 is 23.2 Å². The van der Waals surface area contributed by atoms with E-state index in [9.17, 15) is 4.39 Å². The van der Waals surface area contributed by atoms with Crippen molar-refractivity contribution in [2.75, 3.05) is 0 Å². The van der Waals surface area contributed by atoms with Crippen LogP contribution in [0, 0.1) is 5.82 Å². The van der Waals surface area contributed by atoms with E-state index in [1.165, 1.54) is 12.1 Å². The summed E-state index contributed by atoms with van der Waals surface area (Å²) in [6.45, 7) is 0. The third kappa shape index (κ3) is 2.43. The first-order valence-corrected chi connectivity index (χ1v) is 4.86. The van der Waals surface area contributed by atoms with Crippen LogP contribution in [-0.4, -0.2) is 10.2 Å². The van der Waals surface area contributed by atoms with Crippen molar-refractivity contribution in [1.82, 2.24) is 10.2 Å². The summed E-state index contributed by atoms with van der Waals surface area (Å²) in [6, 6.07) is 7.42. The van der Waals surface area contributed by atoms with Gasteiger partial charge in [-0.2, -0.15) is 0 Å². The lowest BCUT2D eigenvalue weighted by molar-refractivity contribution is 0.628. The van der Waals surface area contributed by atoms with E-state index in [2.05, 4.69) is 10.2 Å². The van der Waals surface area contributed by atoms with Crippen LogP contribution in [0.4, 0.5) is 4.39 Å². The molecule has 1 heterocycles. The Labute approximate surface area is 95.7 Å². The van der Waals surface area contributed by atoms with Crippen molar-refractivity contribution < 1.29 is 4.39 Å². The molecule has 0 saturated carbocycles. The van der Waals surface area contributed by atoms with E-state index < -0.39 is 5.82 Å². The van der Waals surface area contributed by atoms with Gasteiger partial charge in [0.25, 0.3) is 0 Å². The van der Waals surface area contributed by atoms with Gasteiger partial charge in [0, 0.05) is 10.6 Å². The Hall–Kier alpha value is -1.19. The molecule has 0 spiro atoms. The average Bonchev–Trinajstić information content (AvgIpc) is 2.17. The van der Waals surface area contributed by atoms with Gasteiger partial charge in [-0.05, 0) is 30.3 Å². The molecule has 0 N–H and O–H groups in total. The fraction of sp³-hybridized carbons (Fsp3) is 0. The zero-order chi connectivity index (χ0) is 10.8. The zero-order valence-corrected chi connectivity index (χ0v) is 8.93. The molecule has 0 saturated heterocycles. The molecule has 0 fully saturated rings. The van der Waals surface area contributed by atoms with E-state index in [-0.39, 0.29) is 0 Å². The topological polar surface area (TPSA) is 25.8 Å². The number of hydrogen-bond donors (Lipinski definition) is 0. The second kappa shape index (κ2) is 4.13. The van der Waals surface area contributed by atoms with Crippen molar-refractivity contribution in [3.8, 4) is 11.3 Å². The molecule has 0 bridgehead atoms. The molecule has 0 unspecified atom stereocenters. The van der Waals surface area contributed by atoms with E-state index in [0.29, 0.717) is 21.4 Å².